The monoisotopic (exact) mass is 261 g/mol. The lowest BCUT2D eigenvalue weighted by Crippen LogP contribution is -2.43. The van der Waals surface area contributed by atoms with Crippen molar-refractivity contribution in [3.8, 4) is 0 Å². The van der Waals surface area contributed by atoms with Crippen molar-refractivity contribution in [2.24, 2.45) is 5.73 Å². The Morgan fingerprint density at radius 1 is 1.32 bits per heavy atom. The summed E-state index contributed by atoms with van der Waals surface area (Å²) in [5, 5.41) is 0. The Balaban J connectivity index is 2.16. The highest BCUT2D eigenvalue weighted by atomic mass is 16.1. The van der Waals surface area contributed by atoms with Gasteiger partial charge >= 0.3 is 0 Å². The summed E-state index contributed by atoms with van der Waals surface area (Å²) in [6.45, 7) is 5.38. The third-order valence-corrected chi connectivity index (χ3v) is 4.16. The minimum atomic E-state index is -0.432. The van der Waals surface area contributed by atoms with Gasteiger partial charge in [-0.1, -0.05) is 12.5 Å². The number of rotatable bonds is 3. The van der Waals surface area contributed by atoms with E-state index in [9.17, 15) is 4.79 Å². The molecule has 0 bridgehead atoms. The first-order chi connectivity index (χ1) is 8.99. The molecule has 0 unspecified atom stereocenters. The number of carbonyl (C=O) groups is 1. The van der Waals surface area contributed by atoms with Crippen LogP contribution in [-0.2, 0) is 6.54 Å². The molecule has 19 heavy (non-hydrogen) atoms. The second kappa shape index (κ2) is 5.61. The molecule has 4 N–H and O–H groups in total. The van der Waals surface area contributed by atoms with Crippen LogP contribution in [0.3, 0.4) is 0 Å². The lowest BCUT2D eigenvalue weighted by molar-refractivity contribution is 0.0954. The number of nitrogens with two attached hydrogens (primary N) is 2. The molecule has 4 nitrogen and oxygen atoms in total. The van der Waals surface area contributed by atoms with Gasteiger partial charge in [0.15, 0.2) is 0 Å². The lowest BCUT2D eigenvalue weighted by atomic mass is 9.96. The van der Waals surface area contributed by atoms with E-state index in [4.69, 9.17) is 11.5 Å². The number of hydrogen-bond donors (Lipinski definition) is 2. The summed E-state index contributed by atoms with van der Waals surface area (Å²) in [6.07, 6.45) is 3.78. The van der Waals surface area contributed by atoms with Crippen LogP contribution < -0.4 is 11.5 Å². The smallest absolute Gasteiger partial charge is 0.248 e. The van der Waals surface area contributed by atoms with Crippen LogP contribution in [-0.4, -0.2) is 22.9 Å². The summed E-state index contributed by atoms with van der Waals surface area (Å²) in [7, 11) is 0. The van der Waals surface area contributed by atoms with Gasteiger partial charge in [0.25, 0.3) is 0 Å². The number of hydrogen-bond acceptors (Lipinski definition) is 3. The van der Waals surface area contributed by atoms with Crippen molar-refractivity contribution < 1.29 is 4.79 Å². The van der Waals surface area contributed by atoms with E-state index in [1.54, 1.807) is 12.1 Å². The number of benzene rings is 1. The SMILES string of the molecule is C[C@@H]1CCC[C@H](C)N1Cc1ccc(C(N)=O)cc1N. The molecule has 0 spiro atoms. The maximum absolute atomic E-state index is 11.1. The van der Waals surface area contributed by atoms with Gasteiger partial charge in [0.2, 0.25) is 5.91 Å². The number of amides is 1. The highest BCUT2D eigenvalue weighted by molar-refractivity contribution is 5.93. The van der Waals surface area contributed by atoms with Crippen molar-refractivity contribution in [1.29, 1.82) is 0 Å². The molecule has 1 fully saturated rings. The van der Waals surface area contributed by atoms with Crippen LogP contribution in [0.4, 0.5) is 5.69 Å². The Bertz CT molecular complexity index is 462. The van der Waals surface area contributed by atoms with E-state index in [1.165, 1.54) is 19.3 Å². The predicted octanol–water partition coefficient (Wildman–Crippen LogP) is 2.13. The van der Waals surface area contributed by atoms with Gasteiger partial charge in [0, 0.05) is 29.9 Å². The van der Waals surface area contributed by atoms with Crippen LogP contribution in [0, 0.1) is 0 Å². The van der Waals surface area contributed by atoms with Crippen LogP contribution >= 0.6 is 0 Å². The zero-order chi connectivity index (χ0) is 14.0. The van der Waals surface area contributed by atoms with Crippen LogP contribution in [0.15, 0.2) is 18.2 Å². The zero-order valence-corrected chi connectivity index (χ0v) is 11.7. The predicted molar refractivity (Wildman–Crippen MR) is 77.7 cm³/mol. The van der Waals surface area contributed by atoms with Gasteiger partial charge in [0.1, 0.15) is 0 Å². The summed E-state index contributed by atoms with van der Waals surface area (Å²) in [4.78, 5) is 13.6. The number of nitrogen functional groups attached to an aromatic ring is 1. The molecule has 1 aliphatic heterocycles. The van der Waals surface area contributed by atoms with E-state index in [1.807, 2.05) is 6.07 Å². The number of anilines is 1. The van der Waals surface area contributed by atoms with E-state index in [-0.39, 0.29) is 0 Å². The summed E-state index contributed by atoms with van der Waals surface area (Å²) in [6, 6.07) is 6.52. The number of nitrogens with zero attached hydrogens (tertiary/aromatic N) is 1. The molecule has 0 aromatic heterocycles. The molecule has 4 heteroatoms. The molecule has 1 heterocycles. The van der Waals surface area contributed by atoms with E-state index in [0.29, 0.717) is 23.3 Å². The van der Waals surface area contributed by atoms with Gasteiger partial charge in [-0.25, -0.2) is 0 Å². The van der Waals surface area contributed by atoms with Gasteiger partial charge in [-0.3, -0.25) is 9.69 Å². The molecular formula is C15H23N3O. The largest absolute Gasteiger partial charge is 0.398 e. The fraction of sp³-hybridized carbons (Fsp3) is 0.533. The van der Waals surface area contributed by atoms with Crippen LogP contribution in [0.2, 0.25) is 0 Å². The first-order valence-electron chi connectivity index (χ1n) is 6.93. The quantitative estimate of drug-likeness (QED) is 0.819. The minimum absolute atomic E-state index is 0.432. The van der Waals surface area contributed by atoms with Gasteiger partial charge in [0.05, 0.1) is 0 Å². The molecule has 2 rings (SSSR count). The van der Waals surface area contributed by atoms with Crippen molar-refractivity contribution >= 4 is 11.6 Å². The molecule has 1 amide bonds. The molecule has 2 atom stereocenters. The first kappa shape index (κ1) is 13.9. The molecule has 1 aliphatic rings. The molecule has 0 radical (unpaired) electrons. The van der Waals surface area contributed by atoms with Crippen molar-refractivity contribution in [2.75, 3.05) is 5.73 Å². The Kier molecular flexibility index (Phi) is 4.10. The molecule has 104 valence electrons. The molecule has 0 aliphatic carbocycles. The van der Waals surface area contributed by atoms with Gasteiger partial charge in [-0.05, 0) is 44.4 Å². The van der Waals surface area contributed by atoms with Gasteiger partial charge in [-0.2, -0.15) is 0 Å². The normalized spacial score (nSPS) is 24.3. The Morgan fingerprint density at radius 3 is 2.47 bits per heavy atom. The Hall–Kier alpha value is -1.55. The molecule has 0 saturated carbocycles. The summed E-state index contributed by atoms with van der Waals surface area (Å²) in [5.74, 6) is -0.432. The van der Waals surface area contributed by atoms with Crippen molar-refractivity contribution in [2.45, 2.75) is 51.7 Å². The number of piperidine rings is 1. The molecular weight excluding hydrogens is 238 g/mol. The second-order valence-electron chi connectivity index (χ2n) is 5.58. The molecule has 1 aromatic rings. The number of carbonyl (C=O) groups excluding carboxylic acids is 1. The average Bonchev–Trinajstić information content (AvgIpc) is 2.35. The van der Waals surface area contributed by atoms with Gasteiger partial charge in [-0.15, -0.1) is 0 Å². The fourth-order valence-electron chi connectivity index (χ4n) is 2.88. The highest BCUT2D eigenvalue weighted by Crippen LogP contribution is 2.26. The van der Waals surface area contributed by atoms with Crippen LogP contribution in [0.5, 0.6) is 0 Å². The topological polar surface area (TPSA) is 72.3 Å². The molecule has 1 aromatic carbocycles. The van der Waals surface area contributed by atoms with Crippen LogP contribution in [0.25, 0.3) is 0 Å². The second-order valence-corrected chi connectivity index (χ2v) is 5.58. The van der Waals surface area contributed by atoms with Crippen molar-refractivity contribution in [3.63, 3.8) is 0 Å². The maximum Gasteiger partial charge on any atom is 0.248 e. The summed E-state index contributed by atoms with van der Waals surface area (Å²) >= 11 is 0. The Labute approximate surface area is 114 Å². The van der Waals surface area contributed by atoms with Gasteiger partial charge < -0.3 is 11.5 Å². The lowest BCUT2D eigenvalue weighted by Gasteiger charge is -2.39. The molecule has 1 saturated heterocycles. The Morgan fingerprint density at radius 2 is 1.95 bits per heavy atom. The standard InChI is InChI=1S/C15H23N3O/c1-10-4-3-5-11(2)18(10)9-13-7-6-12(15(17)19)8-14(13)16/h6-8,10-11H,3-5,9,16H2,1-2H3,(H2,17,19)/t10-,11+. The van der Waals surface area contributed by atoms with E-state index in [2.05, 4.69) is 18.7 Å². The van der Waals surface area contributed by atoms with E-state index < -0.39 is 5.91 Å². The van der Waals surface area contributed by atoms with E-state index in [0.717, 1.165) is 12.1 Å². The number of primary amides is 1. The summed E-state index contributed by atoms with van der Waals surface area (Å²) < 4.78 is 0. The third kappa shape index (κ3) is 3.07. The van der Waals surface area contributed by atoms with E-state index >= 15 is 0 Å². The number of likely N-dealkylation sites (tertiary alicyclic amines) is 1. The minimum Gasteiger partial charge on any atom is -0.398 e. The summed E-state index contributed by atoms with van der Waals surface area (Å²) in [5.41, 5.74) is 13.5. The first-order valence-corrected chi connectivity index (χ1v) is 6.93. The average molecular weight is 261 g/mol. The van der Waals surface area contributed by atoms with Crippen molar-refractivity contribution in [1.82, 2.24) is 4.90 Å². The zero-order valence-electron chi connectivity index (χ0n) is 11.7. The van der Waals surface area contributed by atoms with Crippen molar-refractivity contribution in [3.05, 3.63) is 29.3 Å². The highest BCUT2D eigenvalue weighted by Gasteiger charge is 2.25. The fourth-order valence-corrected chi connectivity index (χ4v) is 2.88. The van der Waals surface area contributed by atoms with Crippen LogP contribution in [0.1, 0.15) is 49.0 Å². The third-order valence-electron chi connectivity index (χ3n) is 4.16. The maximum atomic E-state index is 11.1.